The molecule has 0 aromatic rings. The molecule has 0 nitrogen and oxygen atoms in total. The normalized spacial score (nSPS) is 11.3. The predicted molar refractivity (Wildman–Crippen MR) is 76.4 cm³/mol. The first-order chi connectivity index (χ1) is 8.35. The van der Waals surface area contributed by atoms with E-state index in [-0.39, 0.29) is 0 Å². The third-order valence-corrected chi connectivity index (χ3v) is 5.33. The molecule has 0 bridgehead atoms. The first-order valence-corrected chi connectivity index (χ1v) is 8.84. The summed E-state index contributed by atoms with van der Waals surface area (Å²) in [6.07, 6.45) is 13.2. The minimum atomic E-state index is -6.00. The van der Waals surface area contributed by atoms with Gasteiger partial charge in [0.05, 0.1) is 0 Å². The van der Waals surface area contributed by atoms with Crippen molar-refractivity contribution in [2.24, 2.45) is 0 Å². The highest BCUT2D eigenvalue weighted by molar-refractivity contribution is 7.57. The fourth-order valence-corrected chi connectivity index (χ4v) is 4.44. The molecule has 18 heavy (non-hydrogen) atoms. The molecule has 0 N–H and O–H groups in total. The lowest BCUT2D eigenvalue weighted by atomic mass is 10.3. The maximum Gasteiger partial charge on any atom is 0.673 e. The van der Waals surface area contributed by atoms with Gasteiger partial charge in [0, 0.05) is 0 Å². The lowest BCUT2D eigenvalue weighted by Crippen LogP contribution is -2.02. The second-order valence-corrected chi connectivity index (χ2v) is 7.08. The SMILES string of the molecule is CCCCP(CCCC)CCCC.F[B-](F)(F)F. The van der Waals surface area contributed by atoms with Gasteiger partial charge in [0.25, 0.3) is 0 Å². The summed E-state index contributed by atoms with van der Waals surface area (Å²) < 4.78 is 39.0. The van der Waals surface area contributed by atoms with E-state index >= 15 is 0 Å². The van der Waals surface area contributed by atoms with E-state index in [1.807, 2.05) is 0 Å². The van der Waals surface area contributed by atoms with Crippen LogP contribution in [-0.4, -0.2) is 25.7 Å². The highest BCUT2D eigenvalue weighted by atomic mass is 31.1. The van der Waals surface area contributed by atoms with Crippen LogP contribution in [0.15, 0.2) is 0 Å². The summed E-state index contributed by atoms with van der Waals surface area (Å²) in [5.74, 6) is 0. The van der Waals surface area contributed by atoms with Crippen molar-refractivity contribution in [3.05, 3.63) is 0 Å². The maximum absolute atomic E-state index is 9.75. The lowest BCUT2D eigenvalue weighted by molar-refractivity contribution is 0.368. The van der Waals surface area contributed by atoms with Gasteiger partial charge in [-0.25, -0.2) is 0 Å². The molecular weight excluding hydrogens is 262 g/mol. The van der Waals surface area contributed by atoms with Crippen molar-refractivity contribution in [1.29, 1.82) is 0 Å². The van der Waals surface area contributed by atoms with Gasteiger partial charge in [-0.15, -0.1) is 7.92 Å². The summed E-state index contributed by atoms with van der Waals surface area (Å²) in [6, 6.07) is 0. The summed E-state index contributed by atoms with van der Waals surface area (Å²) in [5, 5.41) is 0. The summed E-state index contributed by atoms with van der Waals surface area (Å²) in [6.45, 7) is 6.94. The Balaban J connectivity index is 0. The Hall–Kier alpha value is 0.215. The first kappa shape index (κ1) is 20.5. The quantitative estimate of drug-likeness (QED) is 0.270. The molecule has 0 aliphatic heterocycles. The molecule has 0 spiro atoms. The smallest absolute Gasteiger partial charge is 0.418 e. The third-order valence-electron chi connectivity index (χ3n) is 2.48. The Kier molecular flexibility index (Phi) is 15.6. The lowest BCUT2D eigenvalue weighted by Gasteiger charge is -2.16. The summed E-state index contributed by atoms with van der Waals surface area (Å²) >= 11 is 0. The van der Waals surface area contributed by atoms with Gasteiger partial charge in [-0.05, 0) is 37.7 Å². The molecule has 0 aliphatic carbocycles. The number of halogens is 4. The highest BCUT2D eigenvalue weighted by Crippen LogP contribution is 2.38. The van der Waals surface area contributed by atoms with Crippen LogP contribution in [0.2, 0.25) is 0 Å². The van der Waals surface area contributed by atoms with Crippen LogP contribution in [0.4, 0.5) is 17.3 Å². The van der Waals surface area contributed by atoms with Crippen LogP contribution in [0, 0.1) is 0 Å². The topological polar surface area (TPSA) is 0 Å². The fourth-order valence-electron chi connectivity index (χ4n) is 1.48. The molecule has 0 aromatic heterocycles. The summed E-state index contributed by atoms with van der Waals surface area (Å²) in [4.78, 5) is 0. The van der Waals surface area contributed by atoms with Crippen LogP contribution in [0.5, 0.6) is 0 Å². The van der Waals surface area contributed by atoms with E-state index in [0.717, 1.165) is 0 Å². The van der Waals surface area contributed by atoms with Gasteiger partial charge in [-0.2, -0.15) is 0 Å². The molecule has 0 heterocycles. The van der Waals surface area contributed by atoms with Crippen LogP contribution in [0.25, 0.3) is 0 Å². The van der Waals surface area contributed by atoms with Crippen molar-refractivity contribution in [2.45, 2.75) is 59.3 Å². The molecule has 0 radical (unpaired) electrons. The van der Waals surface area contributed by atoms with E-state index in [1.165, 1.54) is 38.5 Å². The Labute approximate surface area is 111 Å². The van der Waals surface area contributed by atoms with Crippen LogP contribution in [-0.2, 0) is 0 Å². The minimum absolute atomic E-state index is 0.422. The van der Waals surface area contributed by atoms with Crippen molar-refractivity contribution in [3.63, 3.8) is 0 Å². The Morgan fingerprint density at radius 2 is 0.889 bits per heavy atom. The monoisotopic (exact) mass is 289 g/mol. The molecule has 0 fully saturated rings. The van der Waals surface area contributed by atoms with Crippen LogP contribution in [0.1, 0.15) is 59.3 Å². The molecule has 0 aliphatic rings. The van der Waals surface area contributed by atoms with E-state index in [4.69, 9.17) is 0 Å². The minimum Gasteiger partial charge on any atom is -0.418 e. The fraction of sp³-hybridized carbons (Fsp3) is 1.00. The second kappa shape index (κ2) is 13.6. The van der Waals surface area contributed by atoms with Crippen molar-refractivity contribution in [2.75, 3.05) is 18.5 Å². The molecule has 0 atom stereocenters. The van der Waals surface area contributed by atoms with E-state index in [9.17, 15) is 17.3 Å². The molecule has 0 amide bonds. The zero-order chi connectivity index (χ0) is 14.4. The van der Waals surface area contributed by atoms with Gasteiger partial charge in [-0.1, -0.05) is 40.0 Å². The summed E-state index contributed by atoms with van der Waals surface area (Å²) in [5.41, 5.74) is 0. The zero-order valence-corrected chi connectivity index (χ0v) is 12.8. The van der Waals surface area contributed by atoms with Gasteiger partial charge in [-0.3, -0.25) is 0 Å². The van der Waals surface area contributed by atoms with Gasteiger partial charge >= 0.3 is 7.25 Å². The first-order valence-electron chi connectivity index (χ1n) is 6.94. The van der Waals surface area contributed by atoms with Crippen LogP contribution < -0.4 is 0 Å². The van der Waals surface area contributed by atoms with E-state index in [1.54, 1.807) is 18.5 Å². The van der Waals surface area contributed by atoms with E-state index in [2.05, 4.69) is 20.8 Å². The third kappa shape index (κ3) is 25.2. The van der Waals surface area contributed by atoms with E-state index in [0.29, 0.717) is 7.92 Å². The average molecular weight is 289 g/mol. The number of rotatable bonds is 9. The largest absolute Gasteiger partial charge is 0.673 e. The van der Waals surface area contributed by atoms with Crippen molar-refractivity contribution < 1.29 is 17.3 Å². The molecule has 0 unspecified atom stereocenters. The highest BCUT2D eigenvalue weighted by Gasteiger charge is 2.20. The molecule has 112 valence electrons. The van der Waals surface area contributed by atoms with Crippen molar-refractivity contribution in [3.8, 4) is 0 Å². The molecule has 0 saturated carbocycles. The molecule has 0 aromatic carbocycles. The van der Waals surface area contributed by atoms with Gasteiger partial charge in [0.2, 0.25) is 0 Å². The molecular formula is C12H27BF4P-. The predicted octanol–water partition coefficient (Wildman–Crippen LogP) is 6.17. The summed E-state index contributed by atoms with van der Waals surface area (Å²) in [7, 11) is -5.58. The maximum atomic E-state index is 9.75. The van der Waals surface area contributed by atoms with Gasteiger partial charge in [0.1, 0.15) is 0 Å². The number of hydrogen-bond acceptors (Lipinski definition) is 0. The van der Waals surface area contributed by atoms with Gasteiger partial charge < -0.3 is 17.3 Å². The Morgan fingerprint density at radius 3 is 1.06 bits per heavy atom. The standard InChI is InChI=1S/C12H27P.BF4/c1-4-7-10-13(11-8-5-2)12-9-6-3;2-1(3,4)5/h4-12H2,1-3H3;/q;-1. The van der Waals surface area contributed by atoms with Crippen molar-refractivity contribution >= 4 is 15.2 Å². The number of hydrogen-bond donors (Lipinski definition) is 0. The molecule has 0 rings (SSSR count). The average Bonchev–Trinajstić information content (AvgIpc) is 2.26. The van der Waals surface area contributed by atoms with E-state index < -0.39 is 7.25 Å². The Morgan fingerprint density at radius 1 is 0.667 bits per heavy atom. The molecule has 6 heteroatoms. The number of unbranched alkanes of at least 4 members (excludes halogenated alkanes) is 3. The van der Waals surface area contributed by atoms with Crippen molar-refractivity contribution in [1.82, 2.24) is 0 Å². The second-order valence-electron chi connectivity index (χ2n) is 4.40. The van der Waals surface area contributed by atoms with Crippen LogP contribution >= 0.6 is 7.92 Å². The van der Waals surface area contributed by atoms with Crippen LogP contribution in [0.3, 0.4) is 0 Å². The zero-order valence-electron chi connectivity index (χ0n) is 11.9. The Bertz CT molecular complexity index is 140. The molecule has 0 saturated heterocycles. The van der Waals surface area contributed by atoms with Gasteiger partial charge in [0.15, 0.2) is 0 Å².